The average Bonchev–Trinajstić information content (AvgIpc) is 3.13. The van der Waals surface area contributed by atoms with Gasteiger partial charge < -0.3 is 19.5 Å². The fourth-order valence-electron chi connectivity index (χ4n) is 4.25. The molecular weight excluding hydrogens is 430 g/mol. The number of carbonyl (C=O) groups excluding carboxylic acids is 2. The maximum absolute atomic E-state index is 13.5. The standard InChI is InChI=1S/C26H25N5O3/c1-18(32)29-23-15-20(26(33)30-12-13-34-24-8-3-2-6-19(24)16-30)14-22-25(23)31(17-28-22)11-9-21-7-4-5-10-27-21/h2-8,10,14-15,17H,9,11-13,16H2,1H3,(H,29,32). The Morgan fingerprint density at radius 2 is 1.94 bits per heavy atom. The van der Waals surface area contributed by atoms with Gasteiger partial charge in [0.05, 0.1) is 29.6 Å². The van der Waals surface area contributed by atoms with Gasteiger partial charge in [0.1, 0.15) is 12.4 Å². The van der Waals surface area contributed by atoms with Gasteiger partial charge in [0.15, 0.2) is 0 Å². The summed E-state index contributed by atoms with van der Waals surface area (Å²) in [6.07, 6.45) is 4.23. The number of carbonyl (C=O) groups is 2. The van der Waals surface area contributed by atoms with Crippen molar-refractivity contribution in [2.24, 2.45) is 0 Å². The molecule has 4 aromatic rings. The lowest BCUT2D eigenvalue weighted by atomic mass is 10.1. The first-order valence-corrected chi connectivity index (χ1v) is 11.2. The topological polar surface area (TPSA) is 89.4 Å². The van der Waals surface area contributed by atoms with E-state index in [1.165, 1.54) is 6.92 Å². The molecule has 8 nitrogen and oxygen atoms in total. The number of ether oxygens (including phenoxy) is 1. The minimum Gasteiger partial charge on any atom is -0.491 e. The predicted molar refractivity (Wildman–Crippen MR) is 129 cm³/mol. The molecule has 3 heterocycles. The lowest BCUT2D eigenvalue weighted by molar-refractivity contribution is -0.114. The molecule has 0 fully saturated rings. The maximum atomic E-state index is 13.5. The van der Waals surface area contributed by atoms with Crippen molar-refractivity contribution in [2.75, 3.05) is 18.5 Å². The van der Waals surface area contributed by atoms with Crippen molar-refractivity contribution in [3.8, 4) is 5.75 Å². The number of para-hydroxylation sites is 1. The first-order chi connectivity index (χ1) is 16.6. The molecule has 5 rings (SSSR count). The quantitative estimate of drug-likeness (QED) is 0.496. The van der Waals surface area contributed by atoms with Gasteiger partial charge >= 0.3 is 0 Å². The van der Waals surface area contributed by atoms with Crippen LogP contribution in [0.15, 0.2) is 67.1 Å². The summed E-state index contributed by atoms with van der Waals surface area (Å²) in [5, 5.41) is 2.89. The van der Waals surface area contributed by atoms with Crippen LogP contribution in [0.2, 0.25) is 0 Å². The van der Waals surface area contributed by atoms with E-state index in [4.69, 9.17) is 4.74 Å². The van der Waals surface area contributed by atoms with Crippen LogP contribution >= 0.6 is 0 Å². The van der Waals surface area contributed by atoms with Gasteiger partial charge in [-0.2, -0.15) is 0 Å². The minimum absolute atomic E-state index is 0.128. The molecular formula is C26H25N5O3. The molecule has 0 saturated heterocycles. The summed E-state index contributed by atoms with van der Waals surface area (Å²) in [4.78, 5) is 36.1. The van der Waals surface area contributed by atoms with Crippen LogP contribution in [0.5, 0.6) is 5.75 Å². The van der Waals surface area contributed by atoms with Crippen molar-refractivity contribution in [2.45, 2.75) is 26.4 Å². The highest BCUT2D eigenvalue weighted by Crippen LogP contribution is 2.28. The second kappa shape index (κ2) is 9.35. The number of hydrogen-bond acceptors (Lipinski definition) is 5. The highest BCUT2D eigenvalue weighted by molar-refractivity contribution is 6.05. The first-order valence-electron chi connectivity index (χ1n) is 11.2. The zero-order valence-electron chi connectivity index (χ0n) is 18.9. The Morgan fingerprint density at radius 1 is 1.09 bits per heavy atom. The van der Waals surface area contributed by atoms with Gasteiger partial charge in [-0.15, -0.1) is 0 Å². The first kappa shape index (κ1) is 21.6. The van der Waals surface area contributed by atoms with Crippen LogP contribution in [0.4, 0.5) is 5.69 Å². The van der Waals surface area contributed by atoms with E-state index >= 15 is 0 Å². The third kappa shape index (κ3) is 4.47. The van der Waals surface area contributed by atoms with Crippen molar-refractivity contribution in [3.63, 3.8) is 0 Å². The normalized spacial score (nSPS) is 13.1. The van der Waals surface area contributed by atoms with Gasteiger partial charge in [-0.3, -0.25) is 14.6 Å². The minimum atomic E-state index is -0.208. The smallest absolute Gasteiger partial charge is 0.254 e. The van der Waals surface area contributed by atoms with Gasteiger partial charge in [-0.1, -0.05) is 24.3 Å². The van der Waals surface area contributed by atoms with Crippen LogP contribution in [0.25, 0.3) is 11.0 Å². The van der Waals surface area contributed by atoms with E-state index in [9.17, 15) is 9.59 Å². The molecule has 0 unspecified atom stereocenters. The number of rotatable bonds is 5. The molecule has 2 aromatic heterocycles. The number of pyridine rings is 1. The van der Waals surface area contributed by atoms with Gasteiger partial charge in [-0.25, -0.2) is 4.98 Å². The summed E-state index contributed by atoms with van der Waals surface area (Å²) in [5.41, 5.74) is 4.43. The van der Waals surface area contributed by atoms with E-state index < -0.39 is 0 Å². The van der Waals surface area contributed by atoms with E-state index in [1.54, 1.807) is 29.6 Å². The SMILES string of the molecule is CC(=O)Nc1cc(C(=O)N2CCOc3ccccc3C2)cc2ncn(CCc3ccccn3)c12. The number of nitrogens with zero attached hydrogens (tertiary/aromatic N) is 4. The number of fused-ring (bicyclic) bond motifs is 2. The summed E-state index contributed by atoms with van der Waals surface area (Å²) < 4.78 is 7.79. The molecule has 0 aliphatic carbocycles. The van der Waals surface area contributed by atoms with E-state index in [0.29, 0.717) is 43.0 Å². The molecule has 2 aromatic carbocycles. The predicted octanol–water partition coefficient (Wildman–Crippen LogP) is 3.67. The Kier molecular flexibility index (Phi) is 5.95. The second-order valence-corrected chi connectivity index (χ2v) is 8.26. The van der Waals surface area contributed by atoms with Crippen LogP contribution in [-0.2, 0) is 24.3 Å². The Morgan fingerprint density at radius 3 is 2.76 bits per heavy atom. The Bertz CT molecular complexity index is 1350. The lowest BCUT2D eigenvalue weighted by Gasteiger charge is -2.20. The van der Waals surface area contributed by atoms with Gasteiger partial charge in [0, 0.05) is 49.5 Å². The molecule has 8 heteroatoms. The number of benzene rings is 2. The molecule has 34 heavy (non-hydrogen) atoms. The number of aromatic nitrogens is 3. The fraction of sp³-hybridized carbons (Fsp3) is 0.231. The van der Waals surface area contributed by atoms with Gasteiger partial charge in [0.2, 0.25) is 5.91 Å². The molecule has 0 bridgehead atoms. The van der Waals surface area contributed by atoms with Crippen LogP contribution < -0.4 is 10.1 Å². The highest BCUT2D eigenvalue weighted by atomic mass is 16.5. The van der Waals surface area contributed by atoms with Crippen LogP contribution in [0, 0.1) is 0 Å². The number of amides is 2. The Labute approximate surface area is 197 Å². The van der Waals surface area contributed by atoms with Crippen molar-refractivity contribution in [1.29, 1.82) is 0 Å². The molecule has 0 saturated carbocycles. The summed E-state index contributed by atoms with van der Waals surface area (Å²) in [5.74, 6) is 0.469. The molecule has 0 radical (unpaired) electrons. The number of nitrogens with one attached hydrogen (secondary N) is 1. The summed E-state index contributed by atoms with van der Waals surface area (Å²) in [6.45, 7) is 3.46. The van der Waals surface area contributed by atoms with Crippen molar-refractivity contribution < 1.29 is 14.3 Å². The zero-order chi connectivity index (χ0) is 23.5. The van der Waals surface area contributed by atoms with Crippen molar-refractivity contribution in [3.05, 3.63) is 83.9 Å². The van der Waals surface area contributed by atoms with E-state index in [-0.39, 0.29) is 11.8 Å². The molecule has 172 valence electrons. The molecule has 0 atom stereocenters. The third-order valence-electron chi connectivity index (χ3n) is 5.85. The van der Waals surface area contributed by atoms with Gasteiger partial charge in [-0.05, 0) is 30.3 Å². The van der Waals surface area contributed by atoms with Gasteiger partial charge in [0.25, 0.3) is 5.91 Å². The Hall–Kier alpha value is -4.20. The summed E-state index contributed by atoms with van der Waals surface area (Å²) >= 11 is 0. The van der Waals surface area contributed by atoms with Crippen LogP contribution in [0.3, 0.4) is 0 Å². The molecule has 0 spiro atoms. The van der Waals surface area contributed by atoms with Crippen molar-refractivity contribution >= 4 is 28.5 Å². The van der Waals surface area contributed by atoms with E-state index in [0.717, 1.165) is 28.9 Å². The summed E-state index contributed by atoms with van der Waals surface area (Å²) in [7, 11) is 0. The highest BCUT2D eigenvalue weighted by Gasteiger charge is 2.23. The fourth-order valence-corrected chi connectivity index (χ4v) is 4.25. The largest absolute Gasteiger partial charge is 0.491 e. The maximum Gasteiger partial charge on any atom is 0.254 e. The van der Waals surface area contributed by atoms with Crippen LogP contribution in [-0.4, -0.2) is 44.4 Å². The van der Waals surface area contributed by atoms with E-state index in [2.05, 4.69) is 15.3 Å². The molecule has 1 aliphatic rings. The number of hydrogen-bond donors (Lipinski definition) is 1. The molecule has 2 amide bonds. The average molecular weight is 456 g/mol. The van der Waals surface area contributed by atoms with E-state index in [1.807, 2.05) is 47.0 Å². The van der Waals surface area contributed by atoms with Crippen LogP contribution in [0.1, 0.15) is 28.5 Å². The monoisotopic (exact) mass is 455 g/mol. The lowest BCUT2D eigenvalue weighted by Crippen LogP contribution is -2.32. The zero-order valence-corrected chi connectivity index (χ0v) is 18.9. The third-order valence-corrected chi connectivity index (χ3v) is 5.85. The summed E-state index contributed by atoms with van der Waals surface area (Å²) in [6, 6.07) is 17.1. The number of imidazole rings is 1. The number of anilines is 1. The second-order valence-electron chi connectivity index (χ2n) is 8.26. The Balaban J connectivity index is 1.46. The molecule has 1 aliphatic heterocycles. The number of aryl methyl sites for hydroxylation is 2. The molecule has 1 N–H and O–H groups in total. The van der Waals surface area contributed by atoms with Crippen molar-refractivity contribution in [1.82, 2.24) is 19.4 Å².